The maximum Gasteiger partial charge on any atom is 0.329 e. The number of carbonyl (C=O) groups excluding carboxylic acids is 1. The first kappa shape index (κ1) is 18.2. The Labute approximate surface area is 155 Å². The van der Waals surface area contributed by atoms with E-state index < -0.39 is 5.78 Å². The van der Waals surface area contributed by atoms with E-state index in [0.29, 0.717) is 26.2 Å². The molecular formula is C20H18N2O5. The summed E-state index contributed by atoms with van der Waals surface area (Å²) in [5, 5.41) is 12.4. The molecule has 0 bridgehead atoms. The topological polar surface area (TPSA) is 86.5 Å². The second-order valence-electron chi connectivity index (χ2n) is 5.82. The summed E-state index contributed by atoms with van der Waals surface area (Å²) in [5.74, 6) is 0.522. The average Bonchev–Trinajstić information content (AvgIpc) is 2.70. The zero-order valence-electron chi connectivity index (χ0n) is 15.1. The number of fused-ring (bicyclic) bond motifs is 1. The highest BCUT2D eigenvalue weighted by molar-refractivity contribution is 6.05. The van der Waals surface area contributed by atoms with Crippen molar-refractivity contribution in [3.05, 3.63) is 75.6 Å². The molecule has 0 spiro atoms. The van der Waals surface area contributed by atoms with Gasteiger partial charge >= 0.3 is 5.69 Å². The number of nitrogens with zero attached hydrogens (tertiary/aromatic N) is 2. The van der Waals surface area contributed by atoms with Crippen molar-refractivity contribution < 1.29 is 18.7 Å². The lowest BCUT2D eigenvalue weighted by atomic mass is 10.1. The van der Waals surface area contributed by atoms with Crippen LogP contribution in [0.15, 0.2) is 48.5 Å². The standard InChI is InChI=1S/C20H18N2O5/c1-13-20(22(25)16-7-5-4-6-15(16)21(13)24)17(23)10-8-14-9-11-18(26-2)19(12-14)27-3/h4-12H,1-3H3/b10-8+. The molecule has 0 atom stereocenters. The molecule has 3 rings (SSSR count). The molecule has 0 saturated carbocycles. The number of rotatable bonds is 5. The Balaban J connectivity index is 2.02. The number of ketones is 1. The molecule has 2 aromatic carbocycles. The first-order chi connectivity index (χ1) is 13.0. The highest BCUT2D eigenvalue weighted by atomic mass is 16.5. The quantitative estimate of drug-likeness (QED) is 0.393. The fourth-order valence-corrected chi connectivity index (χ4v) is 2.84. The van der Waals surface area contributed by atoms with Crippen molar-refractivity contribution in [1.82, 2.24) is 4.73 Å². The van der Waals surface area contributed by atoms with Crippen LogP contribution in [0.3, 0.4) is 0 Å². The number of benzene rings is 2. The van der Waals surface area contributed by atoms with Gasteiger partial charge in [-0.05, 0) is 36.8 Å². The number of carbonyl (C=O) groups is 1. The second kappa shape index (κ2) is 7.33. The molecule has 0 unspecified atom stereocenters. The van der Waals surface area contributed by atoms with Gasteiger partial charge in [0.1, 0.15) is 5.52 Å². The van der Waals surface area contributed by atoms with Crippen molar-refractivity contribution in [2.24, 2.45) is 0 Å². The normalized spacial score (nSPS) is 11.1. The lowest BCUT2D eigenvalue weighted by Gasteiger charge is -2.15. The number of aromatic nitrogens is 2. The monoisotopic (exact) mass is 366 g/mol. The lowest BCUT2D eigenvalue weighted by Crippen LogP contribution is -2.29. The predicted octanol–water partition coefficient (Wildman–Crippen LogP) is 3.12. The van der Waals surface area contributed by atoms with Gasteiger partial charge < -0.3 is 19.4 Å². The van der Waals surface area contributed by atoms with Crippen LogP contribution in [0.1, 0.15) is 21.7 Å². The average molecular weight is 366 g/mol. The van der Waals surface area contributed by atoms with Gasteiger partial charge in [0, 0.05) is 11.0 Å². The molecule has 0 saturated heterocycles. The SMILES string of the molecule is COc1ccc(/C=C/C(=O)c2c(C)n([O-])c3ccccc3[n+]2=O)cc1OC. The van der Waals surface area contributed by atoms with Crippen LogP contribution in [0, 0.1) is 17.0 Å². The fraction of sp³-hybridized carbons (Fsp3) is 0.150. The van der Waals surface area contributed by atoms with Crippen molar-refractivity contribution in [1.29, 1.82) is 0 Å². The van der Waals surface area contributed by atoms with E-state index in [1.54, 1.807) is 36.4 Å². The van der Waals surface area contributed by atoms with Gasteiger partial charge in [0.15, 0.2) is 11.5 Å². The molecule has 1 heterocycles. The van der Waals surface area contributed by atoms with E-state index in [1.807, 2.05) is 0 Å². The van der Waals surface area contributed by atoms with E-state index in [2.05, 4.69) is 0 Å². The highest BCUT2D eigenvalue weighted by Crippen LogP contribution is 2.28. The van der Waals surface area contributed by atoms with Gasteiger partial charge in [0.2, 0.25) is 0 Å². The molecule has 0 amide bonds. The summed E-state index contributed by atoms with van der Waals surface area (Å²) >= 11 is 0. The minimum absolute atomic E-state index is 0.0469. The number of allylic oxidation sites excluding steroid dienone is 1. The second-order valence-corrected chi connectivity index (χ2v) is 5.82. The number of ether oxygens (including phenoxy) is 2. The largest absolute Gasteiger partial charge is 0.805 e. The Kier molecular flexibility index (Phi) is 4.94. The van der Waals surface area contributed by atoms with Crippen molar-refractivity contribution in [2.45, 2.75) is 6.92 Å². The Bertz CT molecular complexity index is 1120. The van der Waals surface area contributed by atoms with Crippen LogP contribution in [0.5, 0.6) is 11.5 Å². The summed E-state index contributed by atoms with van der Waals surface area (Å²) in [6, 6.07) is 11.5. The maximum atomic E-state index is 12.6. The van der Waals surface area contributed by atoms with Gasteiger partial charge in [-0.15, -0.1) is 0 Å². The van der Waals surface area contributed by atoms with Gasteiger partial charge in [-0.3, -0.25) is 4.79 Å². The van der Waals surface area contributed by atoms with Crippen LogP contribution >= 0.6 is 0 Å². The first-order valence-electron chi connectivity index (χ1n) is 8.16. The summed E-state index contributed by atoms with van der Waals surface area (Å²) in [5.41, 5.74) is 0.879. The molecule has 1 aromatic heterocycles. The van der Waals surface area contributed by atoms with Crippen LogP contribution < -0.4 is 13.9 Å². The van der Waals surface area contributed by atoms with Crippen LogP contribution in [0.4, 0.5) is 0 Å². The molecule has 0 N–H and O–H groups in total. The van der Waals surface area contributed by atoms with Gasteiger partial charge in [-0.1, -0.05) is 24.3 Å². The van der Waals surface area contributed by atoms with Crippen molar-refractivity contribution >= 4 is 22.9 Å². The van der Waals surface area contributed by atoms with Crippen molar-refractivity contribution in [2.75, 3.05) is 14.2 Å². The van der Waals surface area contributed by atoms with Gasteiger partial charge in [-0.25, -0.2) is 0 Å². The summed E-state index contributed by atoms with van der Waals surface area (Å²) in [7, 11) is 3.05. The zero-order chi connectivity index (χ0) is 19.6. The third-order valence-electron chi connectivity index (χ3n) is 4.24. The summed E-state index contributed by atoms with van der Waals surface area (Å²) in [6.45, 7) is 1.45. The molecule has 0 radical (unpaired) electrons. The van der Waals surface area contributed by atoms with E-state index in [4.69, 9.17) is 9.47 Å². The molecule has 138 valence electrons. The number of para-hydroxylation sites is 2. The highest BCUT2D eigenvalue weighted by Gasteiger charge is 2.24. The van der Waals surface area contributed by atoms with Gasteiger partial charge in [-0.2, -0.15) is 0 Å². The summed E-state index contributed by atoms with van der Waals surface area (Å²) < 4.78 is 11.5. The van der Waals surface area contributed by atoms with E-state index in [-0.39, 0.29) is 22.4 Å². The number of hydrogen-bond donors (Lipinski definition) is 0. The molecule has 0 aliphatic carbocycles. The fourth-order valence-electron chi connectivity index (χ4n) is 2.84. The molecule has 0 aliphatic rings. The third kappa shape index (κ3) is 3.27. The Morgan fingerprint density at radius 2 is 1.81 bits per heavy atom. The third-order valence-corrected chi connectivity index (χ3v) is 4.24. The number of methoxy groups -OCH3 is 2. The Hall–Kier alpha value is -3.61. The minimum Gasteiger partial charge on any atom is -0.805 e. The number of hydrogen-bond acceptors (Lipinski definition) is 5. The van der Waals surface area contributed by atoms with E-state index in [0.717, 1.165) is 0 Å². The van der Waals surface area contributed by atoms with Crippen molar-refractivity contribution in [3.8, 4) is 11.5 Å². The van der Waals surface area contributed by atoms with Gasteiger partial charge in [0.25, 0.3) is 11.3 Å². The summed E-state index contributed by atoms with van der Waals surface area (Å²) in [4.78, 5) is 25.2. The van der Waals surface area contributed by atoms with Crippen LogP contribution in [0.25, 0.3) is 17.1 Å². The van der Waals surface area contributed by atoms with E-state index in [9.17, 15) is 14.9 Å². The van der Waals surface area contributed by atoms with Crippen LogP contribution in [-0.4, -0.2) is 24.7 Å². The zero-order valence-corrected chi connectivity index (χ0v) is 15.1. The van der Waals surface area contributed by atoms with Gasteiger partial charge in [0.05, 0.1) is 24.3 Å². The van der Waals surface area contributed by atoms with Crippen molar-refractivity contribution in [3.63, 3.8) is 0 Å². The molecule has 27 heavy (non-hydrogen) atoms. The van der Waals surface area contributed by atoms with E-state index in [1.165, 1.54) is 39.4 Å². The Morgan fingerprint density at radius 3 is 2.52 bits per heavy atom. The van der Waals surface area contributed by atoms with Crippen LogP contribution in [0.2, 0.25) is 0 Å². The van der Waals surface area contributed by atoms with Crippen LogP contribution in [-0.2, 0) is 0 Å². The molecule has 0 aliphatic heterocycles. The molecule has 7 nitrogen and oxygen atoms in total. The minimum atomic E-state index is -0.562. The molecule has 3 aromatic rings. The predicted molar refractivity (Wildman–Crippen MR) is 102 cm³/mol. The summed E-state index contributed by atoms with van der Waals surface area (Å²) in [6.07, 6.45) is 2.81. The maximum absolute atomic E-state index is 12.6. The molecule has 0 fully saturated rings. The molecular weight excluding hydrogens is 348 g/mol. The Morgan fingerprint density at radius 1 is 1.11 bits per heavy atom. The molecule has 7 heteroatoms. The van der Waals surface area contributed by atoms with E-state index >= 15 is 0 Å². The first-order valence-corrected chi connectivity index (χ1v) is 8.16. The smallest absolute Gasteiger partial charge is 0.329 e. The lowest BCUT2D eigenvalue weighted by molar-refractivity contribution is -0.468.